The largest absolute Gasteiger partial charge is 0.493 e. The number of likely N-dealkylation sites (tertiary alicyclic amines) is 1. The van der Waals surface area contributed by atoms with Gasteiger partial charge in [0.15, 0.2) is 5.65 Å². The summed E-state index contributed by atoms with van der Waals surface area (Å²) in [6.45, 7) is 1.97. The minimum absolute atomic E-state index is 0.165. The molecule has 26 heavy (non-hydrogen) atoms. The molecule has 0 atom stereocenters. The fourth-order valence-corrected chi connectivity index (χ4v) is 3.52. The molecule has 3 heterocycles. The second-order valence-corrected chi connectivity index (χ2v) is 6.54. The molecule has 0 unspecified atom stereocenters. The van der Waals surface area contributed by atoms with E-state index in [0.29, 0.717) is 18.9 Å². The summed E-state index contributed by atoms with van der Waals surface area (Å²) in [6, 6.07) is 13.6. The molecule has 0 radical (unpaired) electrons. The molecule has 6 nitrogen and oxygen atoms in total. The molecule has 1 aliphatic rings. The topological polar surface area (TPSA) is 59.7 Å². The number of hydrogen-bond donors (Lipinski definition) is 0. The summed E-state index contributed by atoms with van der Waals surface area (Å²) in [4.78, 5) is 18.7. The van der Waals surface area contributed by atoms with E-state index in [2.05, 4.69) is 10.1 Å². The predicted octanol–water partition coefficient (Wildman–Crippen LogP) is 2.90. The third-order valence-corrected chi connectivity index (χ3v) is 4.91. The van der Waals surface area contributed by atoms with E-state index in [1.165, 1.54) is 5.69 Å². The minimum Gasteiger partial charge on any atom is -0.493 e. The van der Waals surface area contributed by atoms with E-state index >= 15 is 0 Å². The van der Waals surface area contributed by atoms with Crippen molar-refractivity contribution in [3.05, 3.63) is 60.6 Å². The SMILES string of the molecule is O=C(CCOc1ccccc1)N1CCC(c2ccnc3ccnn23)CC1. The Morgan fingerprint density at radius 1 is 1.08 bits per heavy atom. The number of carbonyl (C=O) groups is 1. The first kappa shape index (κ1) is 16.6. The van der Waals surface area contributed by atoms with Gasteiger partial charge in [-0.3, -0.25) is 4.79 Å². The molecular formula is C20H22N4O2. The van der Waals surface area contributed by atoms with Crippen molar-refractivity contribution in [2.75, 3.05) is 19.7 Å². The van der Waals surface area contributed by atoms with Crippen LogP contribution in [0.15, 0.2) is 54.9 Å². The van der Waals surface area contributed by atoms with Gasteiger partial charge in [-0.05, 0) is 31.0 Å². The van der Waals surface area contributed by atoms with Crippen LogP contribution in [0.3, 0.4) is 0 Å². The van der Waals surface area contributed by atoms with Gasteiger partial charge in [0.25, 0.3) is 0 Å². The Labute approximate surface area is 152 Å². The highest BCUT2D eigenvalue weighted by molar-refractivity contribution is 5.76. The highest BCUT2D eigenvalue weighted by atomic mass is 16.5. The second-order valence-electron chi connectivity index (χ2n) is 6.54. The molecule has 1 aliphatic heterocycles. The summed E-state index contributed by atoms with van der Waals surface area (Å²) in [5, 5.41) is 4.37. The van der Waals surface area contributed by atoms with Crippen molar-refractivity contribution in [3.8, 4) is 5.75 Å². The third-order valence-electron chi connectivity index (χ3n) is 4.91. The van der Waals surface area contributed by atoms with Crippen molar-refractivity contribution in [3.63, 3.8) is 0 Å². The van der Waals surface area contributed by atoms with Crippen molar-refractivity contribution >= 4 is 11.6 Å². The molecule has 3 aromatic rings. The Balaban J connectivity index is 1.29. The first-order chi connectivity index (χ1) is 12.8. The quantitative estimate of drug-likeness (QED) is 0.710. The summed E-state index contributed by atoms with van der Waals surface area (Å²) < 4.78 is 7.54. The van der Waals surface area contributed by atoms with Crippen LogP contribution in [0.1, 0.15) is 30.9 Å². The molecule has 0 saturated carbocycles. The van der Waals surface area contributed by atoms with Gasteiger partial charge in [-0.25, -0.2) is 9.50 Å². The fourth-order valence-electron chi connectivity index (χ4n) is 3.52. The number of rotatable bonds is 5. The van der Waals surface area contributed by atoms with E-state index in [-0.39, 0.29) is 5.91 Å². The van der Waals surface area contributed by atoms with Crippen molar-refractivity contribution in [2.24, 2.45) is 0 Å². The summed E-state index contributed by atoms with van der Waals surface area (Å²) >= 11 is 0. The van der Waals surface area contributed by atoms with Gasteiger partial charge in [-0.1, -0.05) is 18.2 Å². The van der Waals surface area contributed by atoms with Crippen LogP contribution in [0, 0.1) is 0 Å². The Hall–Kier alpha value is -2.89. The van der Waals surface area contributed by atoms with E-state index in [1.54, 1.807) is 6.20 Å². The fraction of sp³-hybridized carbons (Fsp3) is 0.350. The lowest BCUT2D eigenvalue weighted by atomic mass is 9.93. The first-order valence-electron chi connectivity index (χ1n) is 9.05. The van der Waals surface area contributed by atoms with Crippen molar-refractivity contribution in [1.82, 2.24) is 19.5 Å². The van der Waals surface area contributed by atoms with Gasteiger partial charge in [-0.15, -0.1) is 0 Å². The number of amides is 1. The molecule has 134 valence electrons. The van der Waals surface area contributed by atoms with Crippen molar-refractivity contribution < 1.29 is 9.53 Å². The number of benzene rings is 1. The summed E-state index contributed by atoms with van der Waals surface area (Å²) in [6.07, 6.45) is 5.93. The molecule has 0 aliphatic carbocycles. The first-order valence-corrected chi connectivity index (χ1v) is 9.05. The minimum atomic E-state index is 0.165. The van der Waals surface area contributed by atoms with E-state index in [4.69, 9.17) is 4.74 Å². The number of fused-ring (bicyclic) bond motifs is 1. The smallest absolute Gasteiger partial charge is 0.225 e. The van der Waals surface area contributed by atoms with Crippen LogP contribution >= 0.6 is 0 Å². The number of piperidine rings is 1. The lowest BCUT2D eigenvalue weighted by Gasteiger charge is -2.32. The molecule has 1 fully saturated rings. The molecule has 0 spiro atoms. The monoisotopic (exact) mass is 350 g/mol. The highest BCUT2D eigenvalue weighted by Crippen LogP contribution is 2.28. The molecule has 6 heteroatoms. The Morgan fingerprint density at radius 2 is 1.88 bits per heavy atom. The van der Waals surface area contributed by atoms with E-state index in [0.717, 1.165) is 37.3 Å². The van der Waals surface area contributed by atoms with Crippen molar-refractivity contribution in [2.45, 2.75) is 25.2 Å². The predicted molar refractivity (Wildman–Crippen MR) is 98.1 cm³/mol. The average Bonchev–Trinajstić information content (AvgIpc) is 3.18. The van der Waals surface area contributed by atoms with Crippen LogP contribution in [-0.2, 0) is 4.79 Å². The van der Waals surface area contributed by atoms with Gasteiger partial charge in [0.05, 0.1) is 19.2 Å². The maximum Gasteiger partial charge on any atom is 0.225 e. The molecule has 0 N–H and O–H groups in total. The van der Waals surface area contributed by atoms with E-state index < -0.39 is 0 Å². The number of nitrogens with zero attached hydrogens (tertiary/aromatic N) is 4. The van der Waals surface area contributed by atoms with Crippen LogP contribution in [0.4, 0.5) is 0 Å². The van der Waals surface area contributed by atoms with Crippen LogP contribution in [0.2, 0.25) is 0 Å². The van der Waals surface area contributed by atoms with Crippen molar-refractivity contribution in [1.29, 1.82) is 0 Å². The number of carbonyl (C=O) groups excluding carboxylic acids is 1. The lowest BCUT2D eigenvalue weighted by molar-refractivity contribution is -0.132. The number of hydrogen-bond acceptors (Lipinski definition) is 4. The number of ether oxygens (including phenoxy) is 1. The Morgan fingerprint density at radius 3 is 2.69 bits per heavy atom. The van der Waals surface area contributed by atoms with Gasteiger partial charge in [0.1, 0.15) is 5.75 Å². The Kier molecular flexibility index (Phi) is 4.82. The number of para-hydroxylation sites is 1. The maximum atomic E-state index is 12.4. The number of aromatic nitrogens is 3. The molecule has 1 amide bonds. The van der Waals surface area contributed by atoms with Crippen LogP contribution in [-0.4, -0.2) is 45.1 Å². The average molecular weight is 350 g/mol. The van der Waals surface area contributed by atoms with Gasteiger partial charge >= 0.3 is 0 Å². The summed E-state index contributed by atoms with van der Waals surface area (Å²) in [5.41, 5.74) is 2.05. The zero-order valence-electron chi connectivity index (χ0n) is 14.6. The normalized spacial score (nSPS) is 15.3. The van der Waals surface area contributed by atoms with Gasteiger partial charge in [-0.2, -0.15) is 5.10 Å². The summed E-state index contributed by atoms with van der Waals surface area (Å²) in [7, 11) is 0. The molecule has 0 bridgehead atoms. The van der Waals surface area contributed by atoms with E-state index in [9.17, 15) is 4.79 Å². The zero-order valence-corrected chi connectivity index (χ0v) is 14.6. The van der Waals surface area contributed by atoms with E-state index in [1.807, 2.05) is 58.1 Å². The standard InChI is InChI=1S/C20H22N4O2/c25-20(10-15-26-17-4-2-1-3-5-17)23-13-8-16(9-14-23)18-6-11-21-19-7-12-22-24(18)19/h1-7,11-12,16H,8-10,13-15H2. The van der Waals surface area contributed by atoms with Crippen LogP contribution in [0.5, 0.6) is 5.75 Å². The molecule has 1 aromatic carbocycles. The molecule has 4 rings (SSSR count). The maximum absolute atomic E-state index is 12.4. The van der Waals surface area contributed by atoms with Gasteiger partial charge in [0, 0.05) is 37.0 Å². The van der Waals surface area contributed by atoms with Gasteiger partial charge in [0.2, 0.25) is 5.91 Å². The molecule has 2 aromatic heterocycles. The zero-order chi connectivity index (χ0) is 17.8. The lowest BCUT2D eigenvalue weighted by Crippen LogP contribution is -2.38. The molecule has 1 saturated heterocycles. The molecular weight excluding hydrogens is 328 g/mol. The third kappa shape index (κ3) is 3.54. The van der Waals surface area contributed by atoms with Gasteiger partial charge < -0.3 is 9.64 Å². The second kappa shape index (κ2) is 7.56. The Bertz CT molecular complexity index is 870. The summed E-state index contributed by atoms with van der Waals surface area (Å²) in [5.74, 6) is 1.38. The van der Waals surface area contributed by atoms with Crippen LogP contribution < -0.4 is 4.74 Å². The highest BCUT2D eigenvalue weighted by Gasteiger charge is 2.25. The van der Waals surface area contributed by atoms with Crippen LogP contribution in [0.25, 0.3) is 5.65 Å².